The van der Waals surface area contributed by atoms with Gasteiger partial charge in [-0.25, -0.2) is 12.7 Å². The average Bonchev–Trinajstić information content (AvgIpc) is 2.36. The highest BCUT2D eigenvalue weighted by Gasteiger charge is 2.27. The molecular formula is C13H26N2O4S. The third-order valence-corrected chi connectivity index (χ3v) is 5.10. The van der Waals surface area contributed by atoms with Gasteiger partial charge >= 0.3 is 0 Å². The second-order valence-corrected chi connectivity index (χ2v) is 8.30. The number of hydrogen-bond acceptors (Lipinski definition) is 4. The van der Waals surface area contributed by atoms with Gasteiger partial charge in [0.15, 0.2) is 0 Å². The smallest absolute Gasteiger partial charge is 0.246 e. The SMILES string of the molecule is CCS(=O)(=O)N1CCC(NC(=O)COC(C)(C)C)CC1. The van der Waals surface area contributed by atoms with Crippen LogP contribution in [0.4, 0.5) is 0 Å². The molecule has 0 radical (unpaired) electrons. The lowest BCUT2D eigenvalue weighted by Crippen LogP contribution is -2.47. The van der Waals surface area contributed by atoms with Crippen molar-refractivity contribution in [1.82, 2.24) is 9.62 Å². The molecule has 1 aliphatic rings. The van der Waals surface area contributed by atoms with Gasteiger partial charge in [0.1, 0.15) is 6.61 Å². The first-order chi connectivity index (χ1) is 9.14. The maximum atomic E-state index is 11.7. The van der Waals surface area contributed by atoms with Gasteiger partial charge in [0.2, 0.25) is 15.9 Å². The fourth-order valence-electron chi connectivity index (χ4n) is 2.01. The Balaban J connectivity index is 2.34. The molecule has 1 amide bonds. The Hall–Kier alpha value is -0.660. The minimum absolute atomic E-state index is 0.0365. The van der Waals surface area contributed by atoms with Crippen molar-refractivity contribution < 1.29 is 17.9 Å². The van der Waals surface area contributed by atoms with Gasteiger partial charge in [0, 0.05) is 19.1 Å². The predicted molar refractivity (Wildman–Crippen MR) is 77.9 cm³/mol. The molecule has 0 atom stereocenters. The van der Waals surface area contributed by atoms with E-state index in [-0.39, 0.29) is 29.9 Å². The summed E-state index contributed by atoms with van der Waals surface area (Å²) in [5.74, 6) is -0.0135. The lowest BCUT2D eigenvalue weighted by Gasteiger charge is -2.31. The summed E-state index contributed by atoms with van der Waals surface area (Å²) in [5, 5.41) is 2.90. The quantitative estimate of drug-likeness (QED) is 0.812. The summed E-state index contributed by atoms with van der Waals surface area (Å²) in [5.41, 5.74) is -0.337. The summed E-state index contributed by atoms with van der Waals surface area (Å²) >= 11 is 0. The first-order valence-electron chi connectivity index (χ1n) is 7.05. The van der Waals surface area contributed by atoms with Crippen LogP contribution in [0, 0.1) is 0 Å². The highest BCUT2D eigenvalue weighted by atomic mass is 32.2. The molecule has 0 aromatic carbocycles. The molecule has 0 aromatic heterocycles. The summed E-state index contributed by atoms with van der Waals surface area (Å²) in [6.45, 7) is 8.32. The number of piperidine rings is 1. The number of sulfonamides is 1. The number of carbonyl (C=O) groups is 1. The van der Waals surface area contributed by atoms with Crippen molar-refractivity contribution in [2.24, 2.45) is 0 Å². The standard InChI is InChI=1S/C13H26N2O4S/c1-5-20(17,18)15-8-6-11(7-9-15)14-12(16)10-19-13(2,3)4/h11H,5-10H2,1-4H3,(H,14,16). The zero-order chi connectivity index (χ0) is 15.4. The number of carbonyl (C=O) groups excluding carboxylic acids is 1. The van der Waals surface area contributed by atoms with E-state index in [0.717, 1.165) is 0 Å². The van der Waals surface area contributed by atoms with Gasteiger partial charge in [0.25, 0.3) is 0 Å². The number of rotatable bonds is 5. The van der Waals surface area contributed by atoms with Crippen molar-refractivity contribution in [3.63, 3.8) is 0 Å². The van der Waals surface area contributed by atoms with Crippen LogP contribution in [-0.2, 0) is 19.6 Å². The van der Waals surface area contributed by atoms with Crippen LogP contribution in [0.25, 0.3) is 0 Å². The van der Waals surface area contributed by atoms with Crippen LogP contribution in [0.1, 0.15) is 40.5 Å². The lowest BCUT2D eigenvalue weighted by atomic mass is 10.1. The number of ether oxygens (including phenoxy) is 1. The maximum absolute atomic E-state index is 11.7. The molecule has 7 heteroatoms. The van der Waals surface area contributed by atoms with E-state index in [1.807, 2.05) is 20.8 Å². The second kappa shape index (κ2) is 6.87. The van der Waals surface area contributed by atoms with E-state index in [4.69, 9.17) is 4.74 Å². The number of amides is 1. The van der Waals surface area contributed by atoms with Crippen molar-refractivity contribution in [3.05, 3.63) is 0 Å². The molecule has 118 valence electrons. The first kappa shape index (κ1) is 17.4. The van der Waals surface area contributed by atoms with E-state index in [1.54, 1.807) is 6.92 Å². The van der Waals surface area contributed by atoms with Crippen molar-refractivity contribution in [3.8, 4) is 0 Å². The molecule has 1 rings (SSSR count). The van der Waals surface area contributed by atoms with Gasteiger partial charge in [-0.3, -0.25) is 4.79 Å². The minimum atomic E-state index is -3.11. The third kappa shape index (κ3) is 5.76. The summed E-state index contributed by atoms with van der Waals surface area (Å²) in [6.07, 6.45) is 1.31. The summed E-state index contributed by atoms with van der Waals surface area (Å²) in [6, 6.07) is 0.0365. The van der Waals surface area contributed by atoms with Gasteiger partial charge < -0.3 is 10.1 Å². The maximum Gasteiger partial charge on any atom is 0.246 e. The molecule has 0 saturated carbocycles. The predicted octanol–water partition coefficient (Wildman–Crippen LogP) is 0.732. The van der Waals surface area contributed by atoms with E-state index in [0.29, 0.717) is 25.9 Å². The van der Waals surface area contributed by atoms with Crippen LogP contribution in [-0.4, -0.2) is 55.7 Å². The van der Waals surface area contributed by atoms with E-state index >= 15 is 0 Å². The molecule has 1 saturated heterocycles. The summed E-state index contributed by atoms with van der Waals surface area (Å²) in [4.78, 5) is 11.7. The van der Waals surface area contributed by atoms with Gasteiger partial charge in [-0.1, -0.05) is 0 Å². The van der Waals surface area contributed by atoms with Crippen LogP contribution in [0.5, 0.6) is 0 Å². The summed E-state index contributed by atoms with van der Waals surface area (Å²) < 4.78 is 30.3. The van der Waals surface area contributed by atoms with Gasteiger partial charge in [-0.05, 0) is 40.5 Å². The van der Waals surface area contributed by atoms with Crippen molar-refractivity contribution >= 4 is 15.9 Å². The molecule has 1 N–H and O–H groups in total. The Kier molecular flexibility index (Phi) is 5.97. The number of nitrogens with one attached hydrogen (secondary N) is 1. The Labute approximate surface area is 121 Å². The second-order valence-electron chi connectivity index (χ2n) is 6.04. The first-order valence-corrected chi connectivity index (χ1v) is 8.66. The molecule has 0 aliphatic carbocycles. The Bertz CT molecular complexity index is 420. The van der Waals surface area contributed by atoms with Crippen LogP contribution in [0.15, 0.2) is 0 Å². The molecule has 20 heavy (non-hydrogen) atoms. The Morgan fingerprint density at radius 2 is 1.85 bits per heavy atom. The average molecular weight is 306 g/mol. The monoisotopic (exact) mass is 306 g/mol. The van der Waals surface area contributed by atoms with E-state index < -0.39 is 10.0 Å². The molecule has 6 nitrogen and oxygen atoms in total. The van der Waals surface area contributed by atoms with Crippen LogP contribution in [0.2, 0.25) is 0 Å². The normalized spacial score (nSPS) is 19.0. The molecule has 1 heterocycles. The number of nitrogens with zero attached hydrogens (tertiary/aromatic N) is 1. The van der Waals surface area contributed by atoms with Crippen LogP contribution < -0.4 is 5.32 Å². The molecule has 0 unspecified atom stereocenters. The van der Waals surface area contributed by atoms with Crippen molar-refractivity contribution in [2.75, 3.05) is 25.4 Å². The highest BCUT2D eigenvalue weighted by Crippen LogP contribution is 2.14. The fraction of sp³-hybridized carbons (Fsp3) is 0.923. The molecular weight excluding hydrogens is 280 g/mol. The van der Waals surface area contributed by atoms with Crippen molar-refractivity contribution in [1.29, 1.82) is 0 Å². The fourth-order valence-corrected chi connectivity index (χ4v) is 3.14. The Morgan fingerprint density at radius 3 is 2.30 bits per heavy atom. The topological polar surface area (TPSA) is 75.7 Å². The molecule has 0 spiro atoms. The molecule has 0 aromatic rings. The highest BCUT2D eigenvalue weighted by molar-refractivity contribution is 7.89. The van der Waals surface area contributed by atoms with Crippen LogP contribution >= 0.6 is 0 Å². The zero-order valence-electron chi connectivity index (χ0n) is 12.8. The number of hydrogen-bond donors (Lipinski definition) is 1. The van der Waals surface area contributed by atoms with Gasteiger partial charge in [-0.15, -0.1) is 0 Å². The van der Waals surface area contributed by atoms with Crippen molar-refractivity contribution in [2.45, 2.75) is 52.2 Å². The van der Waals surface area contributed by atoms with Gasteiger partial charge in [0.05, 0.1) is 11.4 Å². The zero-order valence-corrected chi connectivity index (χ0v) is 13.6. The Morgan fingerprint density at radius 1 is 1.30 bits per heavy atom. The summed E-state index contributed by atoms with van der Waals surface area (Å²) in [7, 11) is -3.11. The largest absolute Gasteiger partial charge is 0.366 e. The molecule has 1 fully saturated rings. The third-order valence-electron chi connectivity index (χ3n) is 3.21. The van der Waals surface area contributed by atoms with E-state index in [1.165, 1.54) is 4.31 Å². The van der Waals surface area contributed by atoms with E-state index in [9.17, 15) is 13.2 Å². The van der Waals surface area contributed by atoms with Gasteiger partial charge in [-0.2, -0.15) is 0 Å². The molecule has 0 bridgehead atoms. The van der Waals surface area contributed by atoms with Crippen LogP contribution in [0.3, 0.4) is 0 Å². The van der Waals surface area contributed by atoms with E-state index in [2.05, 4.69) is 5.32 Å². The molecule has 1 aliphatic heterocycles. The minimum Gasteiger partial charge on any atom is -0.366 e. The lowest BCUT2D eigenvalue weighted by molar-refractivity contribution is -0.131.